The number of hydrogen-bond acceptors (Lipinski definition) is 22. The van der Waals surface area contributed by atoms with E-state index in [0.29, 0.717) is 113 Å². The Labute approximate surface area is 746 Å². The molecule has 0 fully saturated rings. The van der Waals surface area contributed by atoms with E-state index in [1.807, 2.05) is 13.8 Å². The van der Waals surface area contributed by atoms with Crippen molar-refractivity contribution in [3.05, 3.63) is 221 Å². The van der Waals surface area contributed by atoms with Gasteiger partial charge in [0.1, 0.15) is 86.6 Å². The van der Waals surface area contributed by atoms with Gasteiger partial charge in [-0.2, -0.15) is 0 Å². The smallest absolute Gasteiger partial charge is 0.488 e. The number of halogens is 11. The van der Waals surface area contributed by atoms with Crippen molar-refractivity contribution < 1.29 is 122 Å². The fraction of sp³-hybridized carbons (Fsp3) is 0.341. The molecule has 0 saturated heterocycles. The molecule has 0 saturated carbocycles. The summed E-state index contributed by atoms with van der Waals surface area (Å²) < 4.78 is 136. The second kappa shape index (κ2) is 50.2. The summed E-state index contributed by atoms with van der Waals surface area (Å²) in [6.07, 6.45) is 0.290. The molecule has 10 aromatic rings. The van der Waals surface area contributed by atoms with Crippen LogP contribution in [0.4, 0.5) is 30.7 Å². The van der Waals surface area contributed by atoms with E-state index in [2.05, 4.69) is 30.9 Å². The molecule has 1 atom stereocenters. The second-order valence-electron chi connectivity index (χ2n) is 27.5. The van der Waals surface area contributed by atoms with Crippen molar-refractivity contribution in [3.8, 4) is 68.5 Å². The highest BCUT2D eigenvalue weighted by atomic mass is 79.9. The number of ketones is 6. The minimum atomic E-state index is -1.60. The number of hydrogen-bond donors (Lipinski definition) is 3. The predicted molar refractivity (Wildman–Crippen MR) is 464 cm³/mol. The SMILES string of the molecule is COc1cc(C(=O)CCC(=O)N(C)OC)ccc1OCCF.COc1cc(C(=O)CCC(=O)c2nc(-c3ccc(F)c(Cl)c3)c(C)n2C)ccc1OCCF.COc1cc(C(=O)CCC(=O)c2nc(Br)c(C)n2C)ccc1OCCF.COc1cc(C(=O)CCC(C)(O)c2nc(-c3ccc(F)c(Cl)c3)c(C)n2C)ccc1OCCF.OB(O)c1ccc(F)c(Cl)c1. The molecule has 0 radical (unpaired) electrons. The molecule has 3 N–H and O–H groups in total. The first-order valence-corrected chi connectivity index (χ1v) is 40.5. The Morgan fingerprint density at radius 2 is 0.762 bits per heavy atom. The van der Waals surface area contributed by atoms with E-state index in [1.54, 1.807) is 103 Å². The summed E-state index contributed by atoms with van der Waals surface area (Å²) in [5.41, 5.74) is 4.92. The molecule has 10 rings (SSSR count). The van der Waals surface area contributed by atoms with Crippen molar-refractivity contribution in [1.29, 1.82) is 0 Å². The third-order valence-corrected chi connectivity index (χ3v) is 20.8. The Bertz CT molecular complexity index is 5450. The summed E-state index contributed by atoms with van der Waals surface area (Å²) in [4.78, 5) is 105. The lowest BCUT2D eigenvalue weighted by atomic mass is 9.80. The highest BCUT2D eigenvalue weighted by molar-refractivity contribution is 9.10. The molecule has 1 amide bonds. The molecule has 0 aliphatic heterocycles. The first-order chi connectivity index (χ1) is 59.9. The van der Waals surface area contributed by atoms with E-state index in [0.717, 1.165) is 22.5 Å². The normalized spacial score (nSPS) is 11.2. The Morgan fingerprint density at radius 3 is 1.10 bits per heavy atom. The van der Waals surface area contributed by atoms with Crippen LogP contribution in [-0.2, 0) is 36.4 Å². The molecule has 3 heterocycles. The van der Waals surface area contributed by atoms with E-state index < -0.39 is 56.9 Å². The standard InChI is InChI=1S/C25H27ClF2N2O4.C24H23ClF2N2O4.C18H20BrFN2O4.C15H20FNO5.C6H5BClFO2/c1-15-23(17-5-7-19(28)18(26)13-17)29-24(30(15)3)25(2,32)10-9-20(31)16-6-8-21(34-12-11-27)22(14-16)33-4;1-14-23(16-4-6-18(27)17(25)12-16)28-24(29(14)2)20(31)8-7-19(30)15-5-9-21(33-11-10-26)22(13-15)32-3;1-11-17(19)21-18(22(11)2)14(24)6-5-13(23)12-4-7-15(26-9-8-20)16(10-12)25-3;1-17(21-3)15(19)7-5-12(18)11-4-6-13(22-9-8-16)14(10-11)20-2;8-5-3-4(7(10)11)1-2-6(5)9/h5-8,13-14,32H,9-12H2,1-4H3;4-6,9,12-13H,7-8,10-11H2,1-3H3;4,7,10H,5-6,8-9H2,1-3H3;4,6,10H,5,7-9H2,1-3H3;1-3,10-11H. The number of amides is 1. The van der Waals surface area contributed by atoms with E-state index in [-0.39, 0.29) is 145 Å². The summed E-state index contributed by atoms with van der Waals surface area (Å²) in [6, 6.07) is 30.6. The number of carbonyl (C=O) groups excluding carboxylic acids is 7. The van der Waals surface area contributed by atoms with Crippen molar-refractivity contribution in [2.45, 2.75) is 84.7 Å². The van der Waals surface area contributed by atoms with Gasteiger partial charge >= 0.3 is 7.12 Å². The number of Topliss-reactive ketones (excluding diaryl/α,β-unsaturated/α-hetero) is 6. The van der Waals surface area contributed by atoms with Crippen LogP contribution in [0.5, 0.6) is 46.0 Å². The zero-order chi connectivity index (χ0) is 93.4. The van der Waals surface area contributed by atoms with Crippen LogP contribution in [0.25, 0.3) is 22.5 Å². The highest BCUT2D eigenvalue weighted by Gasteiger charge is 2.32. The molecule has 26 nitrogen and oxygen atoms in total. The topological polar surface area (TPSA) is 320 Å². The molecular weight excluding hydrogens is 1790 g/mol. The molecule has 0 aliphatic carbocycles. The molecular formula is C88H95BBrCl3F7N7O19. The Kier molecular flexibility index (Phi) is 41.3. The number of carbonyl (C=O) groups is 7. The third-order valence-electron chi connectivity index (χ3n) is 19.2. The maximum Gasteiger partial charge on any atom is 0.488 e. The largest absolute Gasteiger partial charge is 0.493 e. The molecule has 38 heteroatoms. The Balaban J connectivity index is 0.000000252. The molecule has 3 aromatic heterocycles. The zero-order valence-corrected chi connectivity index (χ0v) is 75.0. The van der Waals surface area contributed by atoms with Gasteiger partial charge in [0.05, 0.1) is 62.0 Å². The molecule has 0 spiro atoms. The predicted octanol–water partition coefficient (Wildman–Crippen LogP) is 16.7. The van der Waals surface area contributed by atoms with Crippen LogP contribution in [0.15, 0.2) is 132 Å². The van der Waals surface area contributed by atoms with Gasteiger partial charge in [-0.3, -0.25) is 38.4 Å². The van der Waals surface area contributed by atoms with Gasteiger partial charge in [0, 0.05) is 124 Å². The number of alkyl halides is 4. The van der Waals surface area contributed by atoms with Crippen molar-refractivity contribution >= 4 is 104 Å². The lowest BCUT2D eigenvalue weighted by molar-refractivity contribution is -0.168. The number of ether oxygens (including phenoxy) is 8. The first-order valence-electron chi connectivity index (χ1n) is 38.6. The minimum absolute atomic E-state index is 0.0157. The van der Waals surface area contributed by atoms with Crippen molar-refractivity contribution in [1.82, 2.24) is 33.7 Å². The quantitative estimate of drug-likeness (QED) is 0.0139. The van der Waals surface area contributed by atoms with Gasteiger partial charge in [0.2, 0.25) is 5.91 Å². The monoisotopic (exact) mass is 1880 g/mol. The number of nitrogens with zero attached hydrogens (tertiary/aromatic N) is 7. The van der Waals surface area contributed by atoms with Gasteiger partial charge in [-0.15, -0.1) is 0 Å². The van der Waals surface area contributed by atoms with E-state index in [4.69, 9.17) is 87.6 Å². The van der Waals surface area contributed by atoms with Crippen molar-refractivity contribution in [2.75, 3.05) is 95.7 Å². The van der Waals surface area contributed by atoms with E-state index in [1.165, 1.54) is 109 Å². The van der Waals surface area contributed by atoms with Gasteiger partial charge in [0.15, 0.2) is 92.3 Å². The molecule has 1 unspecified atom stereocenters. The van der Waals surface area contributed by atoms with Crippen LogP contribution in [-0.4, -0.2) is 192 Å². The maximum atomic E-state index is 13.6. The molecule has 0 aliphatic rings. The number of imidazole rings is 3. The summed E-state index contributed by atoms with van der Waals surface area (Å²) in [5, 5.41) is 29.3. The highest BCUT2D eigenvalue weighted by Crippen LogP contribution is 2.37. The van der Waals surface area contributed by atoms with Crippen molar-refractivity contribution in [2.24, 2.45) is 21.1 Å². The van der Waals surface area contributed by atoms with Gasteiger partial charge < -0.3 is 66.8 Å². The van der Waals surface area contributed by atoms with E-state index in [9.17, 15) is 69.4 Å². The molecule has 126 heavy (non-hydrogen) atoms. The van der Waals surface area contributed by atoms with Crippen molar-refractivity contribution in [3.63, 3.8) is 0 Å². The maximum absolute atomic E-state index is 13.6. The summed E-state index contributed by atoms with van der Waals surface area (Å²) >= 11 is 20.5. The second-order valence-corrected chi connectivity index (χ2v) is 29.5. The van der Waals surface area contributed by atoms with Gasteiger partial charge in [-0.1, -0.05) is 40.9 Å². The van der Waals surface area contributed by atoms with E-state index >= 15 is 0 Å². The summed E-state index contributed by atoms with van der Waals surface area (Å²) in [5.74, 6) is 0.349. The summed E-state index contributed by atoms with van der Waals surface area (Å²) in [7, 11) is 12.2. The van der Waals surface area contributed by atoms with Crippen LogP contribution in [0.3, 0.4) is 0 Å². The van der Waals surface area contributed by atoms with Gasteiger partial charge in [-0.25, -0.2) is 50.7 Å². The van der Waals surface area contributed by atoms with Crippen LogP contribution >= 0.6 is 50.7 Å². The lowest BCUT2D eigenvalue weighted by Crippen LogP contribution is -2.29. The first kappa shape index (κ1) is 104. The molecule has 7 aromatic carbocycles. The number of hydroxylamine groups is 2. The third kappa shape index (κ3) is 28.9. The van der Waals surface area contributed by atoms with Gasteiger partial charge in [0.25, 0.3) is 0 Å². The molecule has 0 bridgehead atoms. The number of rotatable bonds is 39. The number of methoxy groups -OCH3 is 4. The zero-order valence-electron chi connectivity index (χ0n) is 71.2. The van der Waals surface area contributed by atoms with Crippen LogP contribution in [0.1, 0.15) is 144 Å². The number of benzene rings is 7. The minimum Gasteiger partial charge on any atom is -0.493 e. The fourth-order valence-electron chi connectivity index (χ4n) is 11.8. The average Bonchev–Trinajstić information content (AvgIpc) is 1.64. The average molecular weight is 1880 g/mol. The summed E-state index contributed by atoms with van der Waals surface area (Å²) in [6.45, 7) is 4.16. The lowest BCUT2D eigenvalue weighted by Gasteiger charge is -2.22. The van der Waals surface area contributed by atoms with Crippen LogP contribution in [0, 0.1) is 38.2 Å². The van der Waals surface area contributed by atoms with Crippen LogP contribution in [0.2, 0.25) is 15.1 Å². The van der Waals surface area contributed by atoms with Gasteiger partial charge in [-0.05, 0) is 177 Å². The molecule has 676 valence electrons. The Morgan fingerprint density at radius 1 is 0.437 bits per heavy atom. The Hall–Kier alpha value is -11.2. The fourth-order valence-corrected chi connectivity index (χ4v) is 12.8. The van der Waals surface area contributed by atoms with Crippen LogP contribution < -0.4 is 43.4 Å². The number of aliphatic hydroxyl groups is 1. The number of aromatic nitrogens is 6.